The van der Waals surface area contributed by atoms with Crippen LogP contribution in [0.4, 0.5) is 5.69 Å². The Balaban J connectivity index is 1.57. The van der Waals surface area contributed by atoms with Crippen LogP contribution in [0.1, 0.15) is 61.6 Å². The number of anilines is 1. The van der Waals surface area contributed by atoms with Crippen LogP contribution in [-0.2, 0) is 0 Å². The molecule has 38 heavy (non-hydrogen) atoms. The number of hydrogen-bond acceptors (Lipinski definition) is 7. The second-order valence-electron chi connectivity index (χ2n) is 10.7. The number of amides is 1. The molecule has 1 saturated carbocycles. The van der Waals surface area contributed by atoms with E-state index in [1.807, 2.05) is 18.2 Å². The molecular formula is C29H38N6O3. The van der Waals surface area contributed by atoms with Crippen molar-refractivity contribution in [1.29, 1.82) is 0 Å². The SMILES string of the molecule is COc1cc(O)c(-c2nnc(C(=O)NC3CCCC3)n2-c2ccc(N3CCN(C)CC3)cc2)cc1C(C)C. The third kappa shape index (κ3) is 5.20. The second-order valence-corrected chi connectivity index (χ2v) is 10.7. The highest BCUT2D eigenvalue weighted by atomic mass is 16.5. The van der Waals surface area contributed by atoms with Crippen LogP contribution in [0.5, 0.6) is 11.5 Å². The molecule has 2 N–H and O–H groups in total. The number of likely N-dealkylation sites (N-methyl/N-ethyl adjacent to an activating group) is 1. The van der Waals surface area contributed by atoms with Crippen molar-refractivity contribution < 1.29 is 14.6 Å². The van der Waals surface area contributed by atoms with E-state index in [1.165, 1.54) is 0 Å². The number of phenolic OH excluding ortho intramolecular Hbond substituents is 1. The van der Waals surface area contributed by atoms with Crippen LogP contribution in [0, 0.1) is 0 Å². The van der Waals surface area contributed by atoms with Crippen molar-refractivity contribution in [2.24, 2.45) is 0 Å². The Morgan fingerprint density at radius 2 is 1.68 bits per heavy atom. The number of phenols is 1. The summed E-state index contributed by atoms with van der Waals surface area (Å²) < 4.78 is 7.27. The lowest BCUT2D eigenvalue weighted by molar-refractivity contribution is 0.0925. The lowest BCUT2D eigenvalue weighted by Crippen LogP contribution is -2.44. The number of carbonyl (C=O) groups excluding carboxylic acids is 1. The highest BCUT2D eigenvalue weighted by Gasteiger charge is 2.27. The molecule has 5 rings (SSSR count). The van der Waals surface area contributed by atoms with Crippen molar-refractivity contribution in [1.82, 2.24) is 25.0 Å². The molecule has 9 heteroatoms. The number of nitrogens with zero attached hydrogens (tertiary/aromatic N) is 5. The van der Waals surface area contributed by atoms with Crippen LogP contribution in [0.15, 0.2) is 36.4 Å². The molecule has 1 aromatic heterocycles. The van der Waals surface area contributed by atoms with Gasteiger partial charge in [-0.3, -0.25) is 9.36 Å². The first-order valence-corrected chi connectivity index (χ1v) is 13.6. The monoisotopic (exact) mass is 518 g/mol. The van der Waals surface area contributed by atoms with Gasteiger partial charge < -0.3 is 25.0 Å². The van der Waals surface area contributed by atoms with Crippen molar-refractivity contribution >= 4 is 11.6 Å². The predicted octanol–water partition coefficient (Wildman–Crippen LogP) is 4.20. The quantitative estimate of drug-likeness (QED) is 0.484. The fraction of sp³-hybridized carbons (Fsp3) is 0.483. The van der Waals surface area contributed by atoms with Crippen molar-refractivity contribution in [3.8, 4) is 28.6 Å². The number of hydrogen-bond donors (Lipinski definition) is 2. The van der Waals surface area contributed by atoms with Gasteiger partial charge in [0.1, 0.15) is 11.5 Å². The van der Waals surface area contributed by atoms with Crippen LogP contribution in [0.2, 0.25) is 0 Å². The summed E-state index contributed by atoms with van der Waals surface area (Å²) in [5.74, 6) is 1.17. The van der Waals surface area contributed by atoms with Gasteiger partial charge in [0.25, 0.3) is 5.91 Å². The Morgan fingerprint density at radius 3 is 2.32 bits per heavy atom. The molecule has 2 aromatic carbocycles. The van der Waals surface area contributed by atoms with Crippen LogP contribution >= 0.6 is 0 Å². The molecular weight excluding hydrogens is 480 g/mol. The fourth-order valence-electron chi connectivity index (χ4n) is 5.44. The Kier molecular flexibility index (Phi) is 7.56. The first-order chi connectivity index (χ1) is 18.4. The zero-order chi connectivity index (χ0) is 26.8. The number of aromatic hydroxyl groups is 1. The number of piperazine rings is 1. The minimum atomic E-state index is -0.254. The molecule has 3 aromatic rings. The molecule has 2 aliphatic rings. The smallest absolute Gasteiger partial charge is 0.289 e. The summed E-state index contributed by atoms with van der Waals surface area (Å²) in [6.07, 6.45) is 4.19. The molecule has 0 bridgehead atoms. The molecule has 202 valence electrons. The Morgan fingerprint density at radius 1 is 1.03 bits per heavy atom. The Labute approximate surface area is 224 Å². The summed E-state index contributed by atoms with van der Waals surface area (Å²) in [6.45, 7) is 8.14. The van der Waals surface area contributed by atoms with E-state index in [0.717, 1.165) is 68.8 Å². The van der Waals surface area contributed by atoms with Gasteiger partial charge in [-0.05, 0) is 61.7 Å². The van der Waals surface area contributed by atoms with Gasteiger partial charge in [0.05, 0.1) is 12.7 Å². The first kappa shape index (κ1) is 26.0. The number of ether oxygens (including phenoxy) is 1. The number of carbonyl (C=O) groups is 1. The van der Waals surface area contributed by atoms with Crippen LogP contribution < -0.4 is 15.0 Å². The van der Waals surface area contributed by atoms with Crippen LogP contribution in [-0.4, -0.2) is 77.1 Å². The maximum atomic E-state index is 13.4. The van der Waals surface area contributed by atoms with Gasteiger partial charge >= 0.3 is 0 Å². The molecule has 0 atom stereocenters. The molecule has 1 amide bonds. The molecule has 2 heterocycles. The zero-order valence-corrected chi connectivity index (χ0v) is 22.8. The maximum absolute atomic E-state index is 13.4. The molecule has 2 fully saturated rings. The van der Waals surface area contributed by atoms with Crippen LogP contribution in [0.3, 0.4) is 0 Å². The van der Waals surface area contributed by atoms with Gasteiger partial charge in [-0.25, -0.2) is 0 Å². The average Bonchev–Trinajstić information content (AvgIpc) is 3.59. The largest absolute Gasteiger partial charge is 0.507 e. The zero-order valence-electron chi connectivity index (χ0n) is 22.8. The third-order valence-corrected chi connectivity index (χ3v) is 7.74. The van der Waals surface area contributed by atoms with Gasteiger partial charge in [0, 0.05) is 49.7 Å². The van der Waals surface area contributed by atoms with E-state index in [9.17, 15) is 9.90 Å². The topological polar surface area (TPSA) is 95.8 Å². The van der Waals surface area contributed by atoms with Crippen molar-refractivity contribution in [2.75, 3.05) is 45.2 Å². The van der Waals surface area contributed by atoms with Crippen molar-refractivity contribution in [3.63, 3.8) is 0 Å². The third-order valence-electron chi connectivity index (χ3n) is 7.74. The maximum Gasteiger partial charge on any atom is 0.289 e. The van der Waals surface area contributed by atoms with E-state index in [0.29, 0.717) is 17.1 Å². The average molecular weight is 519 g/mol. The Hall–Kier alpha value is -3.59. The number of rotatable bonds is 7. The van der Waals surface area contributed by atoms with E-state index >= 15 is 0 Å². The number of aromatic nitrogens is 3. The standard InChI is InChI=1S/C29H38N6O3/c1-19(2)23-17-24(25(36)18-26(23)38-4)27-31-32-28(29(37)30-20-7-5-6-8-20)35(27)22-11-9-21(10-12-22)34-15-13-33(3)14-16-34/h9-12,17-20,36H,5-8,13-16H2,1-4H3,(H,30,37). The van der Waals surface area contributed by atoms with Gasteiger partial charge in [-0.15, -0.1) is 10.2 Å². The summed E-state index contributed by atoms with van der Waals surface area (Å²) in [6, 6.07) is 11.8. The number of benzene rings is 2. The normalized spacial score (nSPS) is 16.8. The second kappa shape index (κ2) is 11.0. The molecule has 9 nitrogen and oxygen atoms in total. The minimum Gasteiger partial charge on any atom is -0.507 e. The summed E-state index contributed by atoms with van der Waals surface area (Å²) in [5.41, 5.74) is 3.35. The lowest BCUT2D eigenvalue weighted by atomic mass is 9.98. The predicted molar refractivity (Wildman–Crippen MR) is 149 cm³/mol. The summed E-state index contributed by atoms with van der Waals surface area (Å²) in [4.78, 5) is 18.1. The molecule has 0 unspecified atom stereocenters. The molecule has 1 aliphatic heterocycles. The van der Waals surface area contributed by atoms with Gasteiger partial charge in [0.2, 0.25) is 5.82 Å². The summed E-state index contributed by atoms with van der Waals surface area (Å²) in [5, 5.41) is 22.9. The number of nitrogens with one attached hydrogen (secondary N) is 1. The fourth-order valence-corrected chi connectivity index (χ4v) is 5.44. The van der Waals surface area contributed by atoms with Crippen molar-refractivity contribution in [3.05, 3.63) is 47.8 Å². The summed E-state index contributed by atoms with van der Waals surface area (Å²) in [7, 11) is 3.74. The van der Waals surface area contributed by atoms with Gasteiger partial charge in [-0.2, -0.15) is 0 Å². The minimum absolute atomic E-state index is 0.0247. The highest BCUT2D eigenvalue weighted by Crippen LogP contribution is 2.39. The molecule has 0 spiro atoms. The van der Waals surface area contributed by atoms with Gasteiger partial charge in [-0.1, -0.05) is 26.7 Å². The van der Waals surface area contributed by atoms with Crippen LogP contribution in [0.25, 0.3) is 17.1 Å². The molecule has 1 aliphatic carbocycles. The lowest BCUT2D eigenvalue weighted by Gasteiger charge is -2.34. The van der Waals surface area contributed by atoms with E-state index in [2.05, 4.69) is 58.3 Å². The van der Waals surface area contributed by atoms with E-state index in [1.54, 1.807) is 17.7 Å². The van der Waals surface area contributed by atoms with Crippen molar-refractivity contribution in [2.45, 2.75) is 51.5 Å². The summed E-state index contributed by atoms with van der Waals surface area (Å²) >= 11 is 0. The van der Waals surface area contributed by atoms with E-state index in [4.69, 9.17) is 4.74 Å². The molecule has 0 radical (unpaired) electrons. The highest BCUT2D eigenvalue weighted by molar-refractivity contribution is 5.92. The van der Waals surface area contributed by atoms with Gasteiger partial charge in [0.15, 0.2) is 5.82 Å². The Bertz CT molecular complexity index is 1270. The van der Waals surface area contributed by atoms with E-state index in [-0.39, 0.29) is 29.4 Å². The first-order valence-electron chi connectivity index (χ1n) is 13.6. The number of methoxy groups -OCH3 is 1. The molecule has 1 saturated heterocycles. The van der Waals surface area contributed by atoms with E-state index < -0.39 is 0 Å².